The molecule has 1 fully saturated rings. The van der Waals surface area contributed by atoms with Gasteiger partial charge in [0.25, 0.3) is 5.91 Å². The summed E-state index contributed by atoms with van der Waals surface area (Å²) in [6.45, 7) is 4.69. The number of halogens is 3. The highest BCUT2D eigenvalue weighted by atomic mass is 32.2. The molecule has 8 heteroatoms. The second-order valence-electron chi connectivity index (χ2n) is 6.56. The van der Waals surface area contributed by atoms with Gasteiger partial charge in [-0.2, -0.15) is 13.2 Å². The average Bonchev–Trinajstić information content (AvgIpc) is 2.67. The van der Waals surface area contributed by atoms with Gasteiger partial charge in [0.1, 0.15) is 19.6 Å². The number of thioether (sulfide) groups is 1. The second-order valence-corrected chi connectivity index (χ2v) is 7.70. The van der Waals surface area contributed by atoms with Crippen molar-refractivity contribution in [3.05, 3.63) is 65.2 Å². The zero-order valence-corrected chi connectivity index (χ0v) is 16.0. The van der Waals surface area contributed by atoms with Crippen molar-refractivity contribution >= 4 is 17.7 Å². The van der Waals surface area contributed by atoms with Crippen molar-refractivity contribution < 1.29 is 27.6 Å². The number of carbonyl (C=O) groups is 1. The molecular formula is C20H22F3N2O2S+. The van der Waals surface area contributed by atoms with E-state index in [1.54, 1.807) is 0 Å². The van der Waals surface area contributed by atoms with E-state index in [1.165, 1.54) is 34.7 Å². The monoisotopic (exact) mass is 411 g/mol. The highest BCUT2D eigenvalue weighted by molar-refractivity contribution is 8.00. The van der Waals surface area contributed by atoms with Crippen molar-refractivity contribution in [1.29, 1.82) is 0 Å². The third-order valence-corrected chi connectivity index (χ3v) is 5.29. The molecule has 0 atom stereocenters. The Labute approximate surface area is 166 Å². The molecule has 28 heavy (non-hydrogen) atoms. The first kappa shape index (κ1) is 20.7. The van der Waals surface area contributed by atoms with Crippen LogP contribution in [0.4, 0.5) is 13.2 Å². The lowest BCUT2D eigenvalue weighted by molar-refractivity contribution is -0.921. The Hall–Kier alpha value is -2.03. The Bertz CT molecular complexity index is 791. The highest BCUT2D eigenvalue weighted by Gasteiger charge is 2.29. The first-order chi connectivity index (χ1) is 13.4. The number of quaternary nitrogens is 1. The van der Waals surface area contributed by atoms with Gasteiger partial charge in [0.2, 0.25) is 0 Å². The molecule has 3 rings (SSSR count). The molecule has 1 aliphatic rings. The summed E-state index contributed by atoms with van der Waals surface area (Å²) in [6, 6.07) is 13.4. The second kappa shape index (κ2) is 9.45. The minimum Gasteiger partial charge on any atom is -0.370 e. The smallest absolute Gasteiger partial charge is 0.370 e. The van der Waals surface area contributed by atoms with Crippen molar-refractivity contribution in [3.63, 3.8) is 0 Å². The lowest BCUT2D eigenvalue weighted by Gasteiger charge is -2.24. The molecule has 2 N–H and O–H groups in total. The number of amides is 1. The van der Waals surface area contributed by atoms with Crippen LogP contribution in [-0.4, -0.2) is 37.7 Å². The fraction of sp³-hybridized carbons (Fsp3) is 0.350. The molecule has 2 aromatic rings. The Morgan fingerprint density at radius 2 is 1.68 bits per heavy atom. The van der Waals surface area contributed by atoms with E-state index in [1.807, 2.05) is 18.2 Å². The van der Waals surface area contributed by atoms with Gasteiger partial charge in [-0.25, -0.2) is 0 Å². The van der Waals surface area contributed by atoms with Crippen molar-refractivity contribution in [1.82, 2.24) is 5.32 Å². The summed E-state index contributed by atoms with van der Waals surface area (Å²) in [5.41, 5.74) is -1.78. The predicted octanol–water partition coefficient (Wildman–Crippen LogP) is 2.64. The molecule has 1 amide bonds. The number of alkyl halides is 3. The number of nitrogens with one attached hydrogen (secondary N) is 2. The molecule has 0 spiro atoms. The Kier molecular flexibility index (Phi) is 6.98. The maximum Gasteiger partial charge on any atom is 0.446 e. The number of morpholine rings is 1. The summed E-state index contributed by atoms with van der Waals surface area (Å²) >= 11 is -0.193. The topological polar surface area (TPSA) is 42.8 Å². The van der Waals surface area contributed by atoms with E-state index in [-0.39, 0.29) is 22.6 Å². The van der Waals surface area contributed by atoms with Gasteiger partial charge < -0.3 is 15.0 Å². The molecule has 0 unspecified atom stereocenters. The first-order valence-electron chi connectivity index (χ1n) is 9.03. The summed E-state index contributed by atoms with van der Waals surface area (Å²) in [6.07, 6.45) is 0. The van der Waals surface area contributed by atoms with E-state index in [2.05, 4.69) is 11.4 Å². The Morgan fingerprint density at radius 3 is 2.32 bits per heavy atom. The van der Waals surface area contributed by atoms with Crippen LogP contribution < -0.4 is 10.2 Å². The maximum absolute atomic E-state index is 12.4. The quantitative estimate of drug-likeness (QED) is 0.719. The summed E-state index contributed by atoms with van der Waals surface area (Å²) < 4.78 is 42.6. The number of carbonyl (C=O) groups excluding carboxylic acids is 1. The van der Waals surface area contributed by atoms with Crippen molar-refractivity contribution in [3.8, 4) is 0 Å². The number of benzene rings is 2. The van der Waals surface area contributed by atoms with Crippen molar-refractivity contribution in [2.24, 2.45) is 0 Å². The van der Waals surface area contributed by atoms with E-state index in [0.717, 1.165) is 38.4 Å². The van der Waals surface area contributed by atoms with Gasteiger partial charge in [0, 0.05) is 22.6 Å². The fourth-order valence-electron chi connectivity index (χ4n) is 3.09. The van der Waals surface area contributed by atoms with Gasteiger partial charge in [-0.05, 0) is 41.6 Å². The van der Waals surface area contributed by atoms with Crippen molar-refractivity contribution in [2.75, 3.05) is 26.3 Å². The number of hydrogen-bond acceptors (Lipinski definition) is 3. The minimum absolute atomic E-state index is 0.0582. The van der Waals surface area contributed by atoms with Crippen LogP contribution >= 0.6 is 11.8 Å². The zero-order chi connectivity index (χ0) is 20.0. The minimum atomic E-state index is -4.34. The molecule has 1 aliphatic heterocycles. The van der Waals surface area contributed by atoms with Crippen LogP contribution in [0, 0.1) is 0 Å². The van der Waals surface area contributed by atoms with Gasteiger partial charge in [-0.3, -0.25) is 4.79 Å². The number of rotatable bonds is 6. The molecule has 0 saturated carbocycles. The van der Waals surface area contributed by atoms with E-state index in [0.29, 0.717) is 12.1 Å². The third-order valence-electron chi connectivity index (χ3n) is 4.55. The Morgan fingerprint density at radius 1 is 1.04 bits per heavy atom. The normalized spacial score (nSPS) is 15.4. The van der Waals surface area contributed by atoms with E-state index >= 15 is 0 Å². The SMILES string of the molecule is O=C(NCc1ccccc1C[NH+]1CCOCC1)c1ccc(SC(F)(F)F)cc1. The van der Waals surface area contributed by atoms with Crippen LogP contribution in [0.1, 0.15) is 21.5 Å². The van der Waals surface area contributed by atoms with E-state index in [4.69, 9.17) is 4.74 Å². The van der Waals surface area contributed by atoms with E-state index in [9.17, 15) is 18.0 Å². The molecule has 150 valence electrons. The van der Waals surface area contributed by atoms with Crippen LogP contribution in [0.15, 0.2) is 53.4 Å². The lowest BCUT2D eigenvalue weighted by Crippen LogP contribution is -3.12. The molecule has 1 saturated heterocycles. The molecule has 1 heterocycles. The van der Waals surface area contributed by atoms with Crippen LogP contribution in [0.2, 0.25) is 0 Å². The molecule has 0 aromatic heterocycles. The lowest BCUT2D eigenvalue weighted by atomic mass is 10.1. The van der Waals surface area contributed by atoms with Crippen LogP contribution in [0.25, 0.3) is 0 Å². The number of hydrogen-bond donors (Lipinski definition) is 2. The molecule has 4 nitrogen and oxygen atoms in total. The molecule has 0 radical (unpaired) electrons. The summed E-state index contributed by atoms with van der Waals surface area (Å²) in [7, 11) is 0. The molecule has 0 bridgehead atoms. The summed E-state index contributed by atoms with van der Waals surface area (Å²) in [4.78, 5) is 13.9. The van der Waals surface area contributed by atoms with E-state index < -0.39 is 5.51 Å². The van der Waals surface area contributed by atoms with Crippen LogP contribution in [-0.2, 0) is 17.8 Å². The van der Waals surface area contributed by atoms with Crippen molar-refractivity contribution in [2.45, 2.75) is 23.5 Å². The highest BCUT2D eigenvalue weighted by Crippen LogP contribution is 2.36. The van der Waals surface area contributed by atoms with Gasteiger partial charge in [0.05, 0.1) is 13.2 Å². The summed E-state index contributed by atoms with van der Waals surface area (Å²) in [5, 5.41) is 2.86. The molecule has 0 aliphatic carbocycles. The molecular weight excluding hydrogens is 389 g/mol. The Balaban J connectivity index is 1.58. The van der Waals surface area contributed by atoms with Gasteiger partial charge in [0.15, 0.2) is 0 Å². The summed E-state index contributed by atoms with van der Waals surface area (Å²) in [5.74, 6) is -0.308. The van der Waals surface area contributed by atoms with Gasteiger partial charge in [-0.1, -0.05) is 24.3 Å². The third kappa shape index (κ3) is 6.25. The fourth-order valence-corrected chi connectivity index (χ4v) is 3.63. The zero-order valence-electron chi connectivity index (χ0n) is 15.2. The predicted molar refractivity (Wildman–Crippen MR) is 101 cm³/mol. The van der Waals surface area contributed by atoms with Crippen LogP contribution in [0.3, 0.4) is 0 Å². The van der Waals surface area contributed by atoms with Crippen LogP contribution in [0.5, 0.6) is 0 Å². The van der Waals surface area contributed by atoms with Gasteiger partial charge in [-0.15, -0.1) is 0 Å². The largest absolute Gasteiger partial charge is 0.446 e. The first-order valence-corrected chi connectivity index (χ1v) is 9.84. The molecule has 2 aromatic carbocycles. The average molecular weight is 411 g/mol. The maximum atomic E-state index is 12.4. The standard InChI is InChI=1S/C20H21F3N2O2S/c21-20(22,23)28-18-7-5-15(6-8-18)19(26)24-13-16-3-1-2-4-17(16)14-25-9-11-27-12-10-25/h1-8H,9-14H2,(H,24,26)/p+1. The number of ether oxygens (including phenoxy) is 1. The van der Waals surface area contributed by atoms with Gasteiger partial charge >= 0.3 is 5.51 Å².